The van der Waals surface area contributed by atoms with Crippen LogP contribution in [0.4, 0.5) is 0 Å². The van der Waals surface area contributed by atoms with Gasteiger partial charge in [-0.3, -0.25) is 9.36 Å². The fourth-order valence-corrected chi connectivity index (χ4v) is 6.24. The number of ether oxygens (including phenoxy) is 1. The first-order chi connectivity index (χ1) is 16.7. The third-order valence-corrected chi connectivity index (χ3v) is 8.25. The molecule has 34 heavy (non-hydrogen) atoms. The lowest BCUT2D eigenvalue weighted by atomic mass is 9.97. The highest BCUT2D eigenvalue weighted by atomic mass is 32.2. The molecule has 0 saturated carbocycles. The van der Waals surface area contributed by atoms with Gasteiger partial charge in [0.2, 0.25) is 5.91 Å². The minimum atomic E-state index is 0.148. The summed E-state index contributed by atoms with van der Waals surface area (Å²) in [5, 5.41) is 10.7. The Morgan fingerprint density at radius 2 is 1.85 bits per heavy atom. The topological polar surface area (TPSA) is 73.1 Å². The van der Waals surface area contributed by atoms with E-state index in [1.807, 2.05) is 45.9 Å². The summed E-state index contributed by atoms with van der Waals surface area (Å²) in [6, 6.07) is 18.3. The first-order valence-corrected chi connectivity index (χ1v) is 13.3. The third-order valence-electron chi connectivity index (χ3n) is 6.10. The molecule has 0 bridgehead atoms. The number of aromatic nitrogens is 4. The van der Waals surface area contributed by atoms with Crippen LogP contribution in [0.25, 0.3) is 21.6 Å². The van der Waals surface area contributed by atoms with Gasteiger partial charge in [0.05, 0.1) is 34.1 Å². The molecule has 5 rings (SSSR count). The summed E-state index contributed by atoms with van der Waals surface area (Å²) in [5.74, 6) is 1.73. The highest BCUT2D eigenvalue weighted by molar-refractivity contribution is 7.99. The molecule has 0 atom stereocenters. The molecule has 9 heteroatoms. The van der Waals surface area contributed by atoms with Crippen LogP contribution < -0.4 is 0 Å². The van der Waals surface area contributed by atoms with Gasteiger partial charge < -0.3 is 9.64 Å². The van der Waals surface area contributed by atoms with Gasteiger partial charge in [0.1, 0.15) is 0 Å². The quantitative estimate of drug-likeness (QED) is 0.331. The van der Waals surface area contributed by atoms with Crippen molar-refractivity contribution >= 4 is 39.2 Å². The van der Waals surface area contributed by atoms with Crippen LogP contribution in [-0.4, -0.2) is 63.1 Å². The summed E-state index contributed by atoms with van der Waals surface area (Å²) in [4.78, 5) is 19.8. The Labute approximate surface area is 207 Å². The smallest absolute Gasteiger partial charge is 0.233 e. The van der Waals surface area contributed by atoms with E-state index in [0.29, 0.717) is 24.8 Å². The van der Waals surface area contributed by atoms with Crippen LogP contribution in [0.15, 0.2) is 59.8 Å². The second kappa shape index (κ2) is 10.7. The Hall–Kier alpha value is -2.75. The zero-order valence-electron chi connectivity index (χ0n) is 19.1. The van der Waals surface area contributed by atoms with Crippen molar-refractivity contribution in [3.8, 4) is 11.4 Å². The second-order valence-corrected chi connectivity index (χ2v) is 10.3. The lowest BCUT2D eigenvalue weighted by Gasteiger charge is -2.31. The second-order valence-electron chi connectivity index (χ2n) is 8.28. The van der Waals surface area contributed by atoms with Gasteiger partial charge in [-0.15, -0.1) is 21.5 Å². The zero-order chi connectivity index (χ0) is 23.3. The standard InChI is InChI=1S/C25H27N5O2S2/c1-32-16-15-30-23(18-7-3-2-4-8-18)27-28-25(30)33-17-22(31)29-13-11-19(12-14-29)24-26-20-9-5-6-10-21(20)34-24/h2-10,19H,11-17H2,1H3. The van der Waals surface area contributed by atoms with Gasteiger partial charge in [-0.05, 0) is 25.0 Å². The summed E-state index contributed by atoms with van der Waals surface area (Å²) < 4.78 is 8.56. The number of methoxy groups -OCH3 is 1. The maximum atomic E-state index is 13.0. The van der Waals surface area contributed by atoms with Crippen molar-refractivity contribution in [2.75, 3.05) is 32.6 Å². The first-order valence-electron chi connectivity index (χ1n) is 11.5. The predicted octanol–water partition coefficient (Wildman–Crippen LogP) is 4.70. The molecular weight excluding hydrogens is 466 g/mol. The molecule has 0 N–H and O–H groups in total. The maximum Gasteiger partial charge on any atom is 0.233 e. The third kappa shape index (κ3) is 5.01. The number of piperidine rings is 1. The monoisotopic (exact) mass is 493 g/mol. The van der Waals surface area contributed by atoms with Crippen molar-refractivity contribution in [1.29, 1.82) is 0 Å². The fourth-order valence-electron chi connectivity index (χ4n) is 4.24. The van der Waals surface area contributed by atoms with Gasteiger partial charge >= 0.3 is 0 Å². The number of para-hydroxylation sites is 1. The summed E-state index contributed by atoms with van der Waals surface area (Å²) in [6.45, 7) is 2.73. The van der Waals surface area contributed by atoms with Crippen LogP contribution in [0.2, 0.25) is 0 Å². The first kappa shape index (κ1) is 23.0. The van der Waals surface area contributed by atoms with E-state index in [4.69, 9.17) is 9.72 Å². The van der Waals surface area contributed by atoms with E-state index in [-0.39, 0.29) is 5.91 Å². The van der Waals surface area contributed by atoms with Crippen molar-refractivity contribution < 1.29 is 9.53 Å². The number of carbonyl (C=O) groups is 1. The van der Waals surface area contributed by atoms with Gasteiger partial charge in [0, 0.05) is 31.7 Å². The molecule has 2 aromatic carbocycles. The van der Waals surface area contributed by atoms with Crippen molar-refractivity contribution in [1.82, 2.24) is 24.6 Å². The molecule has 1 saturated heterocycles. The largest absolute Gasteiger partial charge is 0.383 e. The van der Waals surface area contributed by atoms with Crippen molar-refractivity contribution in [2.24, 2.45) is 0 Å². The van der Waals surface area contributed by atoms with E-state index in [1.165, 1.54) is 21.5 Å². The molecule has 2 aromatic heterocycles. The number of rotatable bonds is 8. The molecule has 3 heterocycles. The summed E-state index contributed by atoms with van der Waals surface area (Å²) in [7, 11) is 1.68. The SMILES string of the molecule is COCCn1c(SCC(=O)N2CCC(c3nc4ccccc4s3)CC2)nnc1-c1ccccc1. The molecule has 7 nitrogen and oxygen atoms in total. The normalized spacial score (nSPS) is 14.7. The highest BCUT2D eigenvalue weighted by Crippen LogP contribution is 2.34. The van der Waals surface area contributed by atoms with Gasteiger partial charge in [-0.25, -0.2) is 4.98 Å². The maximum absolute atomic E-state index is 13.0. The molecule has 0 radical (unpaired) electrons. The number of hydrogen-bond donors (Lipinski definition) is 0. The van der Waals surface area contributed by atoms with Gasteiger partial charge in [0.15, 0.2) is 11.0 Å². The molecule has 176 valence electrons. The Kier molecular flexibility index (Phi) is 7.22. The molecule has 4 aromatic rings. The Bertz CT molecular complexity index is 1220. The van der Waals surface area contributed by atoms with Gasteiger partial charge in [-0.2, -0.15) is 0 Å². The summed E-state index contributed by atoms with van der Waals surface area (Å²) in [6.07, 6.45) is 1.91. The number of hydrogen-bond acceptors (Lipinski definition) is 7. The van der Waals surface area contributed by atoms with Crippen LogP contribution in [0.1, 0.15) is 23.8 Å². The molecule has 0 unspecified atom stereocenters. The number of likely N-dealkylation sites (tertiary alicyclic amines) is 1. The minimum absolute atomic E-state index is 0.148. The van der Waals surface area contributed by atoms with Crippen molar-refractivity contribution in [3.63, 3.8) is 0 Å². The predicted molar refractivity (Wildman–Crippen MR) is 136 cm³/mol. The Balaban J connectivity index is 1.20. The van der Waals surface area contributed by atoms with E-state index in [1.54, 1.807) is 18.4 Å². The average Bonchev–Trinajstić information content (AvgIpc) is 3.50. The minimum Gasteiger partial charge on any atom is -0.383 e. The average molecular weight is 494 g/mol. The summed E-state index contributed by atoms with van der Waals surface area (Å²) >= 11 is 3.23. The van der Waals surface area contributed by atoms with Gasteiger partial charge in [0.25, 0.3) is 0 Å². The zero-order valence-corrected chi connectivity index (χ0v) is 20.7. The molecule has 1 aliphatic heterocycles. The lowest BCUT2D eigenvalue weighted by molar-refractivity contribution is -0.129. The van der Waals surface area contributed by atoms with Gasteiger partial charge in [-0.1, -0.05) is 54.2 Å². The van der Waals surface area contributed by atoms with E-state index < -0.39 is 0 Å². The van der Waals surface area contributed by atoms with E-state index in [9.17, 15) is 4.79 Å². The Morgan fingerprint density at radius 3 is 2.62 bits per heavy atom. The molecule has 0 spiro atoms. The van der Waals surface area contributed by atoms with E-state index in [0.717, 1.165) is 48.0 Å². The summed E-state index contributed by atoms with van der Waals surface area (Å²) in [5.41, 5.74) is 2.08. The van der Waals surface area contributed by atoms with Crippen LogP contribution in [-0.2, 0) is 16.1 Å². The van der Waals surface area contributed by atoms with Crippen LogP contribution in [0.5, 0.6) is 0 Å². The number of thioether (sulfide) groups is 1. The van der Waals surface area contributed by atoms with Crippen molar-refractivity contribution in [2.45, 2.75) is 30.5 Å². The number of benzene rings is 2. The number of thiazole rings is 1. The molecule has 0 aliphatic carbocycles. The number of nitrogens with zero attached hydrogens (tertiary/aromatic N) is 5. The lowest BCUT2D eigenvalue weighted by Crippen LogP contribution is -2.39. The van der Waals surface area contributed by atoms with Crippen molar-refractivity contribution in [3.05, 3.63) is 59.6 Å². The highest BCUT2D eigenvalue weighted by Gasteiger charge is 2.26. The van der Waals surface area contributed by atoms with Crippen LogP contribution in [0, 0.1) is 0 Å². The molecule has 1 fully saturated rings. The van der Waals surface area contributed by atoms with E-state index in [2.05, 4.69) is 28.4 Å². The van der Waals surface area contributed by atoms with Crippen LogP contribution >= 0.6 is 23.1 Å². The number of fused-ring (bicyclic) bond motifs is 1. The van der Waals surface area contributed by atoms with Crippen LogP contribution in [0.3, 0.4) is 0 Å². The fraction of sp³-hybridized carbons (Fsp3) is 0.360. The Morgan fingerprint density at radius 1 is 1.09 bits per heavy atom. The molecule has 1 amide bonds. The molecular formula is C25H27N5O2S2. The molecule has 1 aliphatic rings. The van der Waals surface area contributed by atoms with E-state index >= 15 is 0 Å². The number of amides is 1. The number of carbonyl (C=O) groups excluding carboxylic acids is 1.